The molecule has 2 heterocycles. The number of hydrogen-bond acceptors (Lipinski definition) is 2. The number of likely N-dealkylation sites (tertiary alicyclic amines) is 1. The van der Waals surface area contributed by atoms with E-state index in [1.165, 1.54) is 12.0 Å². The number of rotatable bonds is 2. The van der Waals surface area contributed by atoms with Crippen molar-refractivity contribution in [3.63, 3.8) is 0 Å². The summed E-state index contributed by atoms with van der Waals surface area (Å²) in [5, 5.41) is 4.56. The fourth-order valence-corrected chi connectivity index (χ4v) is 2.34. The van der Waals surface area contributed by atoms with E-state index in [0.717, 1.165) is 32.5 Å². The Morgan fingerprint density at radius 1 is 1.47 bits per heavy atom. The standard InChI is InChI=1S/C11H18ClN3/c1-14-8-10(7-13-14)9-15-5-2-3-11(12)4-6-15/h7-8,11H,2-6,9H2,1H3. The summed E-state index contributed by atoms with van der Waals surface area (Å²) in [5.41, 5.74) is 1.30. The highest BCUT2D eigenvalue weighted by Crippen LogP contribution is 2.17. The monoisotopic (exact) mass is 227 g/mol. The number of halogens is 1. The maximum absolute atomic E-state index is 6.15. The minimum absolute atomic E-state index is 0.379. The number of hydrogen-bond donors (Lipinski definition) is 0. The summed E-state index contributed by atoms with van der Waals surface area (Å²) >= 11 is 6.15. The third-order valence-electron chi connectivity index (χ3n) is 2.91. The van der Waals surface area contributed by atoms with E-state index in [0.29, 0.717) is 5.38 Å². The van der Waals surface area contributed by atoms with Crippen molar-refractivity contribution in [3.8, 4) is 0 Å². The van der Waals surface area contributed by atoms with Crippen molar-refractivity contribution in [3.05, 3.63) is 18.0 Å². The summed E-state index contributed by atoms with van der Waals surface area (Å²) in [7, 11) is 1.96. The molecule has 4 heteroatoms. The van der Waals surface area contributed by atoms with Crippen LogP contribution in [0.2, 0.25) is 0 Å². The van der Waals surface area contributed by atoms with Gasteiger partial charge in [0.05, 0.1) is 6.20 Å². The van der Waals surface area contributed by atoms with E-state index < -0.39 is 0 Å². The van der Waals surface area contributed by atoms with Crippen LogP contribution in [-0.4, -0.2) is 33.1 Å². The molecule has 1 fully saturated rings. The first-order valence-electron chi connectivity index (χ1n) is 5.58. The maximum atomic E-state index is 6.15. The van der Waals surface area contributed by atoms with Crippen molar-refractivity contribution < 1.29 is 0 Å². The highest BCUT2D eigenvalue weighted by molar-refractivity contribution is 6.20. The Bertz CT molecular complexity index is 311. The molecule has 1 aliphatic rings. The van der Waals surface area contributed by atoms with Gasteiger partial charge in [0.2, 0.25) is 0 Å². The summed E-state index contributed by atoms with van der Waals surface area (Å²) in [5.74, 6) is 0. The zero-order valence-corrected chi connectivity index (χ0v) is 9.95. The molecular formula is C11H18ClN3. The second-order valence-electron chi connectivity index (χ2n) is 4.33. The van der Waals surface area contributed by atoms with Gasteiger partial charge in [0.25, 0.3) is 0 Å². The maximum Gasteiger partial charge on any atom is 0.0534 e. The quantitative estimate of drug-likeness (QED) is 0.721. The molecule has 0 bridgehead atoms. The lowest BCUT2D eigenvalue weighted by Crippen LogP contribution is -2.24. The van der Waals surface area contributed by atoms with Crippen LogP contribution in [0.1, 0.15) is 24.8 Å². The highest BCUT2D eigenvalue weighted by atomic mass is 35.5. The van der Waals surface area contributed by atoms with Crippen LogP contribution in [0.5, 0.6) is 0 Å². The van der Waals surface area contributed by atoms with Crippen LogP contribution in [0.3, 0.4) is 0 Å². The molecule has 3 nitrogen and oxygen atoms in total. The van der Waals surface area contributed by atoms with Crippen LogP contribution in [0, 0.1) is 0 Å². The third kappa shape index (κ3) is 3.21. The van der Waals surface area contributed by atoms with Gasteiger partial charge < -0.3 is 0 Å². The number of aryl methyl sites for hydroxylation is 1. The first-order chi connectivity index (χ1) is 7.24. The van der Waals surface area contributed by atoms with Crippen molar-refractivity contribution >= 4 is 11.6 Å². The molecule has 1 atom stereocenters. The Morgan fingerprint density at radius 2 is 2.33 bits per heavy atom. The molecule has 0 N–H and O–H groups in total. The van der Waals surface area contributed by atoms with Gasteiger partial charge in [-0.25, -0.2) is 0 Å². The van der Waals surface area contributed by atoms with Gasteiger partial charge in [0, 0.05) is 30.7 Å². The molecule has 0 spiro atoms. The van der Waals surface area contributed by atoms with Crippen molar-refractivity contribution in [2.24, 2.45) is 7.05 Å². The molecule has 0 aliphatic carbocycles. The fraction of sp³-hybridized carbons (Fsp3) is 0.727. The Labute approximate surface area is 96.0 Å². The fourth-order valence-electron chi connectivity index (χ4n) is 2.09. The van der Waals surface area contributed by atoms with Gasteiger partial charge in [0.15, 0.2) is 0 Å². The normalized spacial score (nSPS) is 24.0. The highest BCUT2D eigenvalue weighted by Gasteiger charge is 2.15. The average molecular weight is 228 g/mol. The Kier molecular flexibility index (Phi) is 3.65. The number of aromatic nitrogens is 2. The molecule has 1 aliphatic heterocycles. The predicted molar refractivity (Wildman–Crippen MR) is 62.0 cm³/mol. The van der Waals surface area contributed by atoms with Gasteiger partial charge in [-0.2, -0.15) is 5.10 Å². The predicted octanol–water partition coefficient (Wildman–Crippen LogP) is 2.01. The Balaban J connectivity index is 1.88. The molecule has 0 amide bonds. The van der Waals surface area contributed by atoms with E-state index in [1.807, 2.05) is 17.9 Å². The second-order valence-corrected chi connectivity index (χ2v) is 4.94. The van der Waals surface area contributed by atoms with E-state index >= 15 is 0 Å². The summed E-state index contributed by atoms with van der Waals surface area (Å²) in [4.78, 5) is 2.47. The number of alkyl halides is 1. The molecule has 0 saturated carbocycles. The topological polar surface area (TPSA) is 21.1 Å². The lowest BCUT2D eigenvalue weighted by molar-refractivity contribution is 0.277. The van der Waals surface area contributed by atoms with Gasteiger partial charge in [-0.1, -0.05) is 0 Å². The van der Waals surface area contributed by atoms with E-state index in [9.17, 15) is 0 Å². The molecule has 15 heavy (non-hydrogen) atoms. The molecule has 84 valence electrons. The first kappa shape index (κ1) is 11.0. The lowest BCUT2D eigenvalue weighted by Gasteiger charge is -2.18. The van der Waals surface area contributed by atoms with Crippen LogP contribution in [-0.2, 0) is 13.6 Å². The summed E-state index contributed by atoms with van der Waals surface area (Å²) in [6, 6.07) is 0. The zero-order chi connectivity index (χ0) is 10.7. The molecule has 0 aromatic carbocycles. The molecule has 1 aromatic heterocycles. The van der Waals surface area contributed by atoms with E-state index in [1.54, 1.807) is 0 Å². The SMILES string of the molecule is Cn1cc(CN2CCCC(Cl)CC2)cn1. The van der Waals surface area contributed by atoms with Gasteiger partial charge in [-0.05, 0) is 32.4 Å². The summed E-state index contributed by atoms with van der Waals surface area (Å²) in [6.07, 6.45) is 7.52. The van der Waals surface area contributed by atoms with E-state index in [2.05, 4.69) is 16.2 Å². The second kappa shape index (κ2) is 4.99. The summed E-state index contributed by atoms with van der Waals surface area (Å²) < 4.78 is 1.86. The number of nitrogens with zero attached hydrogens (tertiary/aromatic N) is 3. The van der Waals surface area contributed by atoms with Gasteiger partial charge in [-0.3, -0.25) is 9.58 Å². The lowest BCUT2D eigenvalue weighted by atomic mass is 10.2. The van der Waals surface area contributed by atoms with Gasteiger partial charge >= 0.3 is 0 Å². The van der Waals surface area contributed by atoms with E-state index in [-0.39, 0.29) is 0 Å². The van der Waals surface area contributed by atoms with Crippen LogP contribution in [0.15, 0.2) is 12.4 Å². The average Bonchev–Trinajstić information content (AvgIpc) is 2.48. The van der Waals surface area contributed by atoms with Crippen molar-refractivity contribution in [1.29, 1.82) is 0 Å². The van der Waals surface area contributed by atoms with Crippen molar-refractivity contribution in [1.82, 2.24) is 14.7 Å². The van der Waals surface area contributed by atoms with Gasteiger partial charge in [-0.15, -0.1) is 11.6 Å². The minimum Gasteiger partial charge on any atom is -0.299 e. The van der Waals surface area contributed by atoms with Gasteiger partial charge in [0.1, 0.15) is 0 Å². The Morgan fingerprint density at radius 3 is 3.07 bits per heavy atom. The Hall–Kier alpha value is -0.540. The molecule has 0 radical (unpaired) electrons. The third-order valence-corrected chi connectivity index (χ3v) is 3.35. The smallest absolute Gasteiger partial charge is 0.0534 e. The largest absolute Gasteiger partial charge is 0.299 e. The van der Waals surface area contributed by atoms with E-state index in [4.69, 9.17) is 11.6 Å². The summed E-state index contributed by atoms with van der Waals surface area (Å²) in [6.45, 7) is 3.29. The molecule has 1 saturated heterocycles. The van der Waals surface area contributed by atoms with Crippen molar-refractivity contribution in [2.45, 2.75) is 31.2 Å². The van der Waals surface area contributed by atoms with Crippen LogP contribution in [0.4, 0.5) is 0 Å². The molecule has 1 unspecified atom stereocenters. The van der Waals surface area contributed by atoms with Crippen LogP contribution >= 0.6 is 11.6 Å². The molecular weight excluding hydrogens is 210 g/mol. The zero-order valence-electron chi connectivity index (χ0n) is 9.19. The van der Waals surface area contributed by atoms with Crippen molar-refractivity contribution in [2.75, 3.05) is 13.1 Å². The minimum atomic E-state index is 0.379. The first-order valence-corrected chi connectivity index (χ1v) is 6.01. The molecule has 1 aromatic rings. The van der Waals surface area contributed by atoms with Crippen LogP contribution in [0.25, 0.3) is 0 Å². The molecule has 2 rings (SSSR count). The van der Waals surface area contributed by atoms with Crippen LogP contribution < -0.4 is 0 Å².